The molecular formula is C28H32Cl2N6O. The standard InChI is InChI=1S/C28H32Cl2N6O/c1-4-36-24-15-26(31-16-18(24)14-21(28(36)37)27-22(29)6-5-7-23(27)30)33-25-9-8-20(17-32-25)35(3)19-10-12-34(2)13-11-19/h5-9,14-17,19,28,37H,4,10-13H2,1-3H3,(H,31,32,33). The smallest absolute Gasteiger partial charge is 0.153 e. The molecule has 2 aliphatic rings. The third-order valence-corrected chi connectivity index (χ3v) is 7.97. The highest BCUT2D eigenvalue weighted by atomic mass is 35.5. The molecule has 7 nitrogen and oxygen atoms in total. The highest BCUT2D eigenvalue weighted by Crippen LogP contribution is 2.41. The Labute approximate surface area is 228 Å². The molecule has 1 fully saturated rings. The van der Waals surface area contributed by atoms with Crippen LogP contribution in [0.25, 0.3) is 11.6 Å². The number of fused-ring (bicyclic) bond motifs is 1. The number of nitrogens with one attached hydrogen (secondary N) is 1. The van der Waals surface area contributed by atoms with E-state index in [0.717, 1.165) is 42.9 Å². The maximum atomic E-state index is 11.2. The first kappa shape index (κ1) is 25.8. The predicted octanol–water partition coefficient (Wildman–Crippen LogP) is 5.76. The van der Waals surface area contributed by atoms with E-state index >= 15 is 0 Å². The van der Waals surface area contributed by atoms with Crippen molar-refractivity contribution in [2.75, 3.05) is 48.8 Å². The molecule has 9 heteroatoms. The number of aromatic nitrogens is 2. The van der Waals surface area contributed by atoms with Crippen LogP contribution in [-0.2, 0) is 0 Å². The van der Waals surface area contributed by atoms with Crippen molar-refractivity contribution in [3.63, 3.8) is 0 Å². The van der Waals surface area contributed by atoms with Crippen molar-refractivity contribution >= 4 is 57.9 Å². The maximum Gasteiger partial charge on any atom is 0.153 e. The van der Waals surface area contributed by atoms with Gasteiger partial charge in [-0.05, 0) is 70.2 Å². The summed E-state index contributed by atoms with van der Waals surface area (Å²) in [5.41, 5.74) is 4.15. The van der Waals surface area contributed by atoms with Crippen LogP contribution in [0.5, 0.6) is 0 Å². The van der Waals surface area contributed by atoms with Crippen LogP contribution in [0.1, 0.15) is 30.9 Å². The quantitative estimate of drug-likeness (QED) is 0.413. The molecular weight excluding hydrogens is 507 g/mol. The van der Waals surface area contributed by atoms with Gasteiger partial charge in [-0.3, -0.25) is 0 Å². The molecule has 0 radical (unpaired) electrons. The summed E-state index contributed by atoms with van der Waals surface area (Å²) in [4.78, 5) is 15.9. The van der Waals surface area contributed by atoms with E-state index in [0.29, 0.717) is 45.4 Å². The SMILES string of the molecule is CCN1c2cc(Nc3ccc(N(C)C4CCN(C)CC4)cn3)ncc2C=C(c2c(Cl)cccc2Cl)C1O. The number of piperidine rings is 1. The molecule has 1 saturated heterocycles. The van der Waals surface area contributed by atoms with Gasteiger partial charge in [0.1, 0.15) is 11.6 Å². The van der Waals surface area contributed by atoms with Gasteiger partial charge in [0.25, 0.3) is 0 Å². The molecule has 3 aromatic rings. The molecule has 1 aromatic carbocycles. The fraction of sp³-hybridized carbons (Fsp3) is 0.357. The molecule has 1 atom stereocenters. The molecule has 2 aliphatic heterocycles. The number of hydrogen-bond acceptors (Lipinski definition) is 7. The van der Waals surface area contributed by atoms with Crippen LogP contribution in [0.3, 0.4) is 0 Å². The number of benzene rings is 1. The van der Waals surface area contributed by atoms with E-state index in [9.17, 15) is 5.11 Å². The Balaban J connectivity index is 1.36. The third-order valence-electron chi connectivity index (χ3n) is 7.34. The van der Waals surface area contributed by atoms with E-state index in [4.69, 9.17) is 23.2 Å². The monoisotopic (exact) mass is 538 g/mol. The first-order valence-electron chi connectivity index (χ1n) is 12.6. The first-order chi connectivity index (χ1) is 17.9. The number of aliphatic hydroxyl groups excluding tert-OH is 1. The lowest BCUT2D eigenvalue weighted by Crippen LogP contribution is -2.42. The summed E-state index contributed by atoms with van der Waals surface area (Å²) in [6, 6.07) is 11.9. The van der Waals surface area contributed by atoms with Crippen LogP contribution in [0.15, 0.2) is 48.8 Å². The molecule has 4 heterocycles. The van der Waals surface area contributed by atoms with Gasteiger partial charge in [0, 0.05) is 58.6 Å². The zero-order valence-electron chi connectivity index (χ0n) is 21.3. The summed E-state index contributed by atoms with van der Waals surface area (Å²) in [6.07, 6.45) is 7.03. The number of anilines is 4. The summed E-state index contributed by atoms with van der Waals surface area (Å²) in [7, 11) is 4.32. The van der Waals surface area contributed by atoms with Crippen molar-refractivity contribution in [3.05, 3.63) is 70.0 Å². The van der Waals surface area contributed by atoms with Crippen molar-refractivity contribution in [1.29, 1.82) is 0 Å². The van der Waals surface area contributed by atoms with Crippen LogP contribution < -0.4 is 15.1 Å². The summed E-state index contributed by atoms with van der Waals surface area (Å²) in [5, 5.41) is 15.5. The zero-order chi connectivity index (χ0) is 26.1. The van der Waals surface area contributed by atoms with Crippen molar-refractivity contribution in [2.24, 2.45) is 0 Å². The Bertz CT molecular complexity index is 1270. The van der Waals surface area contributed by atoms with Gasteiger partial charge in [-0.2, -0.15) is 0 Å². The third kappa shape index (κ3) is 5.27. The van der Waals surface area contributed by atoms with E-state index in [1.165, 1.54) is 0 Å². The Morgan fingerprint density at radius 1 is 1.05 bits per heavy atom. The summed E-state index contributed by atoms with van der Waals surface area (Å²) in [5.74, 6) is 1.37. The minimum absolute atomic E-state index is 0.500. The molecule has 2 N–H and O–H groups in total. The molecule has 0 aliphatic carbocycles. The van der Waals surface area contributed by atoms with Gasteiger partial charge >= 0.3 is 0 Å². The van der Waals surface area contributed by atoms with Gasteiger partial charge in [-0.1, -0.05) is 29.3 Å². The molecule has 0 spiro atoms. The maximum absolute atomic E-state index is 11.2. The lowest BCUT2D eigenvalue weighted by Gasteiger charge is -2.36. The number of rotatable bonds is 6. The number of nitrogens with zero attached hydrogens (tertiary/aromatic N) is 5. The lowest BCUT2D eigenvalue weighted by molar-refractivity contribution is 0.226. The van der Waals surface area contributed by atoms with Crippen LogP contribution >= 0.6 is 23.2 Å². The second-order valence-corrected chi connectivity index (χ2v) is 10.5. The van der Waals surface area contributed by atoms with Gasteiger partial charge in [-0.15, -0.1) is 0 Å². The molecule has 5 rings (SSSR count). The largest absolute Gasteiger partial charge is 0.370 e. The number of likely N-dealkylation sites (N-methyl/N-ethyl adjacent to an activating group) is 1. The molecule has 2 aromatic heterocycles. The molecule has 0 bridgehead atoms. The molecule has 37 heavy (non-hydrogen) atoms. The summed E-state index contributed by atoms with van der Waals surface area (Å²) < 4.78 is 0. The van der Waals surface area contributed by atoms with Crippen LogP contribution in [-0.4, -0.2) is 66.0 Å². The lowest BCUT2D eigenvalue weighted by atomic mass is 9.96. The van der Waals surface area contributed by atoms with E-state index in [2.05, 4.69) is 45.2 Å². The van der Waals surface area contributed by atoms with E-state index in [1.54, 1.807) is 24.4 Å². The average molecular weight is 540 g/mol. The number of halogens is 2. The molecule has 1 unspecified atom stereocenters. The second-order valence-electron chi connectivity index (χ2n) is 9.66. The van der Waals surface area contributed by atoms with Gasteiger partial charge in [0.05, 0.1) is 17.6 Å². The second kappa shape index (κ2) is 10.9. The van der Waals surface area contributed by atoms with Gasteiger partial charge in [0.15, 0.2) is 6.23 Å². The zero-order valence-corrected chi connectivity index (χ0v) is 22.8. The minimum Gasteiger partial charge on any atom is -0.370 e. The van der Waals surface area contributed by atoms with Gasteiger partial charge < -0.3 is 25.1 Å². The van der Waals surface area contributed by atoms with Crippen LogP contribution in [0, 0.1) is 0 Å². The van der Waals surface area contributed by atoms with Crippen LogP contribution in [0.4, 0.5) is 23.0 Å². The number of hydrogen-bond donors (Lipinski definition) is 2. The van der Waals surface area contributed by atoms with Gasteiger partial charge in [0.2, 0.25) is 0 Å². The number of pyridine rings is 2. The van der Waals surface area contributed by atoms with Crippen molar-refractivity contribution in [2.45, 2.75) is 32.0 Å². The fourth-order valence-electron chi connectivity index (χ4n) is 5.14. The van der Waals surface area contributed by atoms with Crippen LogP contribution in [0.2, 0.25) is 10.0 Å². The van der Waals surface area contributed by atoms with Gasteiger partial charge in [-0.25, -0.2) is 9.97 Å². The normalized spacial score (nSPS) is 18.4. The Kier molecular flexibility index (Phi) is 7.58. The van der Waals surface area contributed by atoms with E-state index < -0.39 is 6.23 Å². The number of likely N-dealkylation sites (tertiary alicyclic amines) is 1. The highest BCUT2D eigenvalue weighted by Gasteiger charge is 2.29. The Morgan fingerprint density at radius 2 is 1.76 bits per heavy atom. The topological polar surface area (TPSA) is 67.8 Å². The van der Waals surface area contributed by atoms with Crippen molar-refractivity contribution < 1.29 is 5.11 Å². The van der Waals surface area contributed by atoms with E-state index in [1.807, 2.05) is 36.2 Å². The van der Waals surface area contributed by atoms with E-state index in [-0.39, 0.29) is 0 Å². The predicted molar refractivity (Wildman–Crippen MR) is 154 cm³/mol. The summed E-state index contributed by atoms with van der Waals surface area (Å²) in [6.45, 7) is 4.83. The first-order valence-corrected chi connectivity index (χ1v) is 13.4. The average Bonchev–Trinajstić information content (AvgIpc) is 2.89. The molecule has 0 saturated carbocycles. The Morgan fingerprint density at radius 3 is 2.41 bits per heavy atom. The molecule has 194 valence electrons. The number of aliphatic hydroxyl groups is 1. The minimum atomic E-state index is -0.891. The molecule has 0 amide bonds. The van der Waals surface area contributed by atoms with Crippen molar-refractivity contribution in [1.82, 2.24) is 14.9 Å². The fourth-order valence-corrected chi connectivity index (χ4v) is 5.75. The Hall–Kier alpha value is -2.84. The highest BCUT2D eigenvalue weighted by molar-refractivity contribution is 6.38. The van der Waals surface area contributed by atoms with Crippen molar-refractivity contribution in [3.8, 4) is 0 Å². The summed E-state index contributed by atoms with van der Waals surface area (Å²) >= 11 is 12.9.